The van der Waals surface area contributed by atoms with Crippen molar-refractivity contribution >= 4 is 28.8 Å². The Balaban J connectivity index is 1.91. The Labute approximate surface area is 119 Å². The number of likely N-dealkylation sites (tertiary alicyclic amines) is 1. The molecule has 19 heavy (non-hydrogen) atoms. The van der Waals surface area contributed by atoms with Gasteiger partial charge in [0.25, 0.3) is 0 Å². The first-order valence-corrected chi connectivity index (χ1v) is 6.87. The average molecular weight is 277 g/mol. The maximum atomic E-state index is 11.9. The number of nitrogens with zero attached hydrogens (tertiary/aromatic N) is 1. The highest BCUT2D eigenvalue weighted by Crippen LogP contribution is 2.15. The monoisotopic (exact) mass is 277 g/mol. The summed E-state index contributed by atoms with van der Waals surface area (Å²) in [4.78, 5) is 14.5. The van der Waals surface area contributed by atoms with Crippen LogP contribution in [-0.2, 0) is 4.79 Å². The van der Waals surface area contributed by atoms with Gasteiger partial charge < -0.3 is 11.1 Å². The molecule has 0 aromatic heterocycles. The molecule has 0 radical (unpaired) electrons. The second-order valence-electron chi connectivity index (χ2n) is 5.12. The van der Waals surface area contributed by atoms with Crippen LogP contribution in [0.25, 0.3) is 0 Å². The van der Waals surface area contributed by atoms with Crippen LogP contribution in [0.2, 0.25) is 0 Å². The van der Waals surface area contributed by atoms with E-state index in [1.54, 1.807) is 6.07 Å². The lowest BCUT2D eigenvalue weighted by Crippen LogP contribution is -2.31. The van der Waals surface area contributed by atoms with Crippen molar-refractivity contribution in [1.29, 1.82) is 0 Å². The number of nitrogens with one attached hydrogen (secondary N) is 1. The molecule has 1 atom stereocenters. The van der Waals surface area contributed by atoms with Crippen LogP contribution in [0.15, 0.2) is 24.3 Å². The summed E-state index contributed by atoms with van der Waals surface area (Å²) in [6, 6.07) is 7.31. The van der Waals surface area contributed by atoms with Crippen molar-refractivity contribution in [3.05, 3.63) is 29.8 Å². The van der Waals surface area contributed by atoms with E-state index in [1.807, 2.05) is 18.2 Å². The van der Waals surface area contributed by atoms with Gasteiger partial charge in [-0.2, -0.15) is 0 Å². The first-order valence-electron chi connectivity index (χ1n) is 6.46. The van der Waals surface area contributed by atoms with Gasteiger partial charge in [-0.15, -0.1) is 0 Å². The fraction of sp³-hybridized carbons (Fsp3) is 0.429. The molecule has 0 saturated carbocycles. The smallest absolute Gasteiger partial charge is 0.238 e. The standard InChI is InChI=1S/C14H19N3OS/c1-10-5-6-17(8-10)9-13(18)16-12-4-2-3-11(7-12)14(15)19/h2-4,7,10H,5-6,8-9H2,1H3,(H2,15,19)(H,16,18). The number of amides is 1. The van der Waals surface area contributed by atoms with Crippen LogP contribution < -0.4 is 11.1 Å². The summed E-state index contributed by atoms with van der Waals surface area (Å²) in [6.07, 6.45) is 1.17. The third-order valence-corrected chi connectivity index (χ3v) is 3.54. The van der Waals surface area contributed by atoms with E-state index in [1.165, 1.54) is 6.42 Å². The van der Waals surface area contributed by atoms with Crippen LogP contribution in [0.1, 0.15) is 18.9 Å². The number of nitrogens with two attached hydrogens (primary N) is 1. The van der Waals surface area contributed by atoms with E-state index < -0.39 is 0 Å². The second-order valence-corrected chi connectivity index (χ2v) is 5.56. The molecule has 1 heterocycles. The molecule has 2 rings (SSSR count). The van der Waals surface area contributed by atoms with Crippen molar-refractivity contribution in [3.8, 4) is 0 Å². The van der Waals surface area contributed by atoms with Crippen molar-refractivity contribution in [2.75, 3.05) is 25.0 Å². The molecule has 102 valence electrons. The molecule has 1 aromatic rings. The van der Waals surface area contributed by atoms with Gasteiger partial charge in [0, 0.05) is 17.8 Å². The number of thiocarbonyl (C=S) groups is 1. The molecule has 1 aromatic carbocycles. The molecule has 5 heteroatoms. The predicted octanol–water partition coefficient (Wildman–Crippen LogP) is 1.60. The molecule has 1 amide bonds. The Hall–Kier alpha value is -1.46. The summed E-state index contributed by atoms with van der Waals surface area (Å²) < 4.78 is 0. The molecule has 0 bridgehead atoms. The summed E-state index contributed by atoms with van der Waals surface area (Å²) in [5.41, 5.74) is 7.08. The fourth-order valence-electron chi connectivity index (χ4n) is 2.32. The Morgan fingerprint density at radius 2 is 2.37 bits per heavy atom. The van der Waals surface area contributed by atoms with Crippen molar-refractivity contribution < 1.29 is 4.79 Å². The Morgan fingerprint density at radius 1 is 1.58 bits per heavy atom. The van der Waals surface area contributed by atoms with Crippen molar-refractivity contribution in [3.63, 3.8) is 0 Å². The van der Waals surface area contributed by atoms with E-state index in [4.69, 9.17) is 18.0 Å². The van der Waals surface area contributed by atoms with Gasteiger partial charge >= 0.3 is 0 Å². The molecular weight excluding hydrogens is 258 g/mol. The highest BCUT2D eigenvalue weighted by atomic mass is 32.1. The van der Waals surface area contributed by atoms with Gasteiger partial charge in [-0.3, -0.25) is 9.69 Å². The number of hydrogen-bond acceptors (Lipinski definition) is 3. The summed E-state index contributed by atoms with van der Waals surface area (Å²) in [5, 5.41) is 2.88. The van der Waals surface area contributed by atoms with Crippen LogP contribution >= 0.6 is 12.2 Å². The van der Waals surface area contributed by atoms with Crippen molar-refractivity contribution in [2.24, 2.45) is 11.7 Å². The lowest BCUT2D eigenvalue weighted by atomic mass is 10.2. The van der Waals surface area contributed by atoms with E-state index >= 15 is 0 Å². The van der Waals surface area contributed by atoms with Crippen LogP contribution in [0.4, 0.5) is 5.69 Å². The summed E-state index contributed by atoms with van der Waals surface area (Å²) >= 11 is 4.92. The lowest BCUT2D eigenvalue weighted by Gasteiger charge is -2.15. The van der Waals surface area contributed by atoms with Crippen molar-refractivity contribution in [1.82, 2.24) is 4.90 Å². The zero-order valence-corrected chi connectivity index (χ0v) is 11.9. The number of carbonyl (C=O) groups excluding carboxylic acids is 1. The van der Waals surface area contributed by atoms with Crippen LogP contribution in [0.5, 0.6) is 0 Å². The Morgan fingerprint density at radius 3 is 3.00 bits per heavy atom. The largest absolute Gasteiger partial charge is 0.389 e. The van der Waals surface area contributed by atoms with Gasteiger partial charge in [0.15, 0.2) is 0 Å². The van der Waals surface area contributed by atoms with Crippen LogP contribution in [0, 0.1) is 5.92 Å². The lowest BCUT2D eigenvalue weighted by molar-refractivity contribution is -0.117. The van der Waals surface area contributed by atoms with E-state index in [2.05, 4.69) is 17.1 Å². The Bertz CT molecular complexity index is 489. The van der Waals surface area contributed by atoms with Gasteiger partial charge in [0.2, 0.25) is 5.91 Å². The Kier molecular flexibility index (Phi) is 4.50. The predicted molar refractivity (Wildman–Crippen MR) is 81.2 cm³/mol. The molecular formula is C14H19N3OS. The molecule has 1 aliphatic rings. The first kappa shape index (κ1) is 14.0. The van der Waals surface area contributed by atoms with Crippen LogP contribution in [-0.4, -0.2) is 35.4 Å². The SMILES string of the molecule is CC1CCN(CC(=O)Nc2cccc(C(N)=S)c2)C1. The number of hydrogen-bond donors (Lipinski definition) is 2. The summed E-state index contributed by atoms with van der Waals surface area (Å²) in [5.74, 6) is 0.694. The van der Waals surface area contributed by atoms with E-state index in [9.17, 15) is 4.79 Å². The summed E-state index contributed by atoms with van der Waals surface area (Å²) in [7, 11) is 0. The fourth-order valence-corrected chi connectivity index (χ4v) is 2.45. The zero-order valence-electron chi connectivity index (χ0n) is 11.1. The molecule has 1 saturated heterocycles. The van der Waals surface area contributed by atoms with Gasteiger partial charge in [0.05, 0.1) is 6.54 Å². The topological polar surface area (TPSA) is 58.4 Å². The average Bonchev–Trinajstić information content (AvgIpc) is 2.74. The molecule has 0 spiro atoms. The highest BCUT2D eigenvalue weighted by Gasteiger charge is 2.20. The molecule has 0 aliphatic carbocycles. The molecule has 1 fully saturated rings. The minimum Gasteiger partial charge on any atom is -0.389 e. The maximum absolute atomic E-state index is 11.9. The zero-order chi connectivity index (χ0) is 13.8. The highest BCUT2D eigenvalue weighted by molar-refractivity contribution is 7.80. The van der Waals surface area contributed by atoms with E-state index in [-0.39, 0.29) is 5.91 Å². The van der Waals surface area contributed by atoms with Gasteiger partial charge in [-0.1, -0.05) is 31.3 Å². The third kappa shape index (κ3) is 4.01. The van der Waals surface area contributed by atoms with E-state index in [0.29, 0.717) is 17.5 Å². The summed E-state index contributed by atoms with van der Waals surface area (Å²) in [6.45, 7) is 4.66. The minimum absolute atomic E-state index is 0.00851. The first-order chi connectivity index (χ1) is 9.04. The number of carbonyl (C=O) groups is 1. The minimum atomic E-state index is 0.00851. The number of anilines is 1. The van der Waals surface area contributed by atoms with Gasteiger partial charge in [-0.25, -0.2) is 0 Å². The normalized spacial score (nSPS) is 19.3. The van der Waals surface area contributed by atoms with E-state index in [0.717, 1.165) is 24.3 Å². The third-order valence-electron chi connectivity index (χ3n) is 3.31. The quantitative estimate of drug-likeness (QED) is 0.821. The van der Waals surface area contributed by atoms with Gasteiger partial charge in [-0.05, 0) is 31.0 Å². The molecule has 1 unspecified atom stereocenters. The number of rotatable bonds is 4. The van der Waals surface area contributed by atoms with Crippen LogP contribution in [0.3, 0.4) is 0 Å². The second kappa shape index (κ2) is 6.12. The molecule has 3 N–H and O–H groups in total. The molecule has 4 nitrogen and oxygen atoms in total. The van der Waals surface area contributed by atoms with Gasteiger partial charge in [0.1, 0.15) is 4.99 Å². The molecule has 1 aliphatic heterocycles. The number of benzene rings is 1. The maximum Gasteiger partial charge on any atom is 0.238 e. The van der Waals surface area contributed by atoms with Crippen molar-refractivity contribution in [2.45, 2.75) is 13.3 Å².